The summed E-state index contributed by atoms with van der Waals surface area (Å²) in [5.74, 6) is 1.76. The third-order valence-corrected chi connectivity index (χ3v) is 2.95. The summed E-state index contributed by atoms with van der Waals surface area (Å²) in [5.41, 5.74) is 0. The Hall–Kier alpha value is -2.60. The molecule has 0 radical (unpaired) electrons. The maximum Gasteiger partial charge on any atom is 0.119 e. The second kappa shape index (κ2) is 18.2. The van der Waals surface area contributed by atoms with Gasteiger partial charge in [0.25, 0.3) is 0 Å². The summed E-state index contributed by atoms with van der Waals surface area (Å²) in [4.78, 5) is 0. The van der Waals surface area contributed by atoms with Crippen molar-refractivity contribution in [3.8, 4) is 11.5 Å². The minimum absolute atomic E-state index is 0. The van der Waals surface area contributed by atoms with E-state index >= 15 is 0 Å². The molecule has 0 amide bonds. The van der Waals surface area contributed by atoms with Gasteiger partial charge in [-0.05, 0) is 24.3 Å². The SMILES string of the molecule is C=CCOCCOc1ccccc1.C=CCOCCOc1ccccc1.O. The van der Waals surface area contributed by atoms with E-state index in [4.69, 9.17) is 18.9 Å². The van der Waals surface area contributed by atoms with Gasteiger partial charge in [-0.1, -0.05) is 48.6 Å². The van der Waals surface area contributed by atoms with Gasteiger partial charge in [0.15, 0.2) is 0 Å². The monoisotopic (exact) mass is 374 g/mol. The molecule has 0 aliphatic rings. The van der Waals surface area contributed by atoms with E-state index in [0.717, 1.165) is 11.5 Å². The first-order chi connectivity index (χ1) is 12.9. The lowest BCUT2D eigenvalue weighted by Crippen LogP contribution is -2.06. The molecule has 0 spiro atoms. The zero-order valence-electron chi connectivity index (χ0n) is 15.7. The molecule has 2 aromatic rings. The van der Waals surface area contributed by atoms with Gasteiger partial charge in [-0.25, -0.2) is 0 Å². The van der Waals surface area contributed by atoms with E-state index < -0.39 is 0 Å². The van der Waals surface area contributed by atoms with Crippen LogP contribution in [0.1, 0.15) is 0 Å². The Labute approximate surface area is 162 Å². The summed E-state index contributed by atoms with van der Waals surface area (Å²) in [7, 11) is 0. The van der Waals surface area contributed by atoms with Crippen LogP contribution in [0.3, 0.4) is 0 Å². The standard InChI is InChI=1S/2C11H14O2.H2O/c2*1-2-8-12-9-10-13-11-6-4-3-5-7-11;/h2*2-7H,1,8-10H2;1H2. The molecule has 2 rings (SSSR count). The van der Waals surface area contributed by atoms with E-state index in [9.17, 15) is 0 Å². The van der Waals surface area contributed by atoms with Crippen molar-refractivity contribution in [2.45, 2.75) is 0 Å². The first-order valence-corrected chi connectivity index (χ1v) is 8.59. The van der Waals surface area contributed by atoms with E-state index in [1.54, 1.807) is 12.2 Å². The van der Waals surface area contributed by atoms with Crippen molar-refractivity contribution in [2.75, 3.05) is 39.6 Å². The van der Waals surface area contributed by atoms with Gasteiger partial charge in [-0.3, -0.25) is 0 Å². The number of rotatable bonds is 12. The molecular formula is C22H30O5. The van der Waals surface area contributed by atoms with Crippen LogP contribution in [0.5, 0.6) is 11.5 Å². The summed E-state index contributed by atoms with van der Waals surface area (Å²) in [6.45, 7) is 10.6. The van der Waals surface area contributed by atoms with E-state index in [0.29, 0.717) is 39.6 Å². The van der Waals surface area contributed by atoms with Gasteiger partial charge in [0.1, 0.15) is 24.7 Å². The van der Waals surface area contributed by atoms with Gasteiger partial charge >= 0.3 is 0 Å². The number of para-hydroxylation sites is 2. The molecule has 5 nitrogen and oxygen atoms in total. The van der Waals surface area contributed by atoms with Gasteiger partial charge in [0.05, 0.1) is 26.4 Å². The van der Waals surface area contributed by atoms with Crippen molar-refractivity contribution in [3.05, 3.63) is 86.0 Å². The molecule has 0 aromatic heterocycles. The fourth-order valence-corrected chi connectivity index (χ4v) is 1.80. The number of hydrogen-bond donors (Lipinski definition) is 0. The van der Waals surface area contributed by atoms with Gasteiger partial charge in [0, 0.05) is 0 Å². The van der Waals surface area contributed by atoms with Crippen molar-refractivity contribution in [1.82, 2.24) is 0 Å². The molecule has 2 aromatic carbocycles. The number of benzene rings is 2. The van der Waals surface area contributed by atoms with Crippen LogP contribution in [0, 0.1) is 0 Å². The van der Waals surface area contributed by atoms with Crippen LogP contribution in [-0.4, -0.2) is 45.1 Å². The zero-order chi connectivity index (χ0) is 18.7. The molecule has 5 heteroatoms. The Morgan fingerprint density at radius 2 is 0.963 bits per heavy atom. The van der Waals surface area contributed by atoms with Gasteiger partial charge < -0.3 is 24.4 Å². The van der Waals surface area contributed by atoms with Crippen molar-refractivity contribution < 1.29 is 24.4 Å². The molecule has 0 bridgehead atoms. The van der Waals surface area contributed by atoms with Crippen molar-refractivity contribution in [3.63, 3.8) is 0 Å². The summed E-state index contributed by atoms with van der Waals surface area (Å²) >= 11 is 0. The van der Waals surface area contributed by atoms with E-state index in [1.165, 1.54) is 0 Å². The van der Waals surface area contributed by atoms with Gasteiger partial charge in [-0.15, -0.1) is 13.2 Å². The van der Waals surface area contributed by atoms with Crippen LogP contribution in [0.15, 0.2) is 86.0 Å². The topological polar surface area (TPSA) is 68.4 Å². The molecule has 27 heavy (non-hydrogen) atoms. The van der Waals surface area contributed by atoms with Crippen molar-refractivity contribution in [1.29, 1.82) is 0 Å². The average molecular weight is 374 g/mol. The number of hydrogen-bond acceptors (Lipinski definition) is 4. The van der Waals surface area contributed by atoms with Crippen molar-refractivity contribution >= 4 is 0 Å². The Bertz CT molecular complexity index is 518. The maximum atomic E-state index is 5.39. The summed E-state index contributed by atoms with van der Waals surface area (Å²) in [6, 6.07) is 19.4. The predicted molar refractivity (Wildman–Crippen MR) is 110 cm³/mol. The lowest BCUT2D eigenvalue weighted by atomic mass is 10.3. The van der Waals surface area contributed by atoms with Crippen LogP contribution in [-0.2, 0) is 9.47 Å². The second-order valence-corrected chi connectivity index (χ2v) is 5.05. The highest BCUT2D eigenvalue weighted by atomic mass is 16.5. The van der Waals surface area contributed by atoms with E-state index in [1.807, 2.05) is 60.7 Å². The number of ether oxygens (including phenoxy) is 4. The molecule has 0 fully saturated rings. The molecule has 0 aliphatic heterocycles. The Morgan fingerprint density at radius 1 is 0.593 bits per heavy atom. The fourth-order valence-electron chi connectivity index (χ4n) is 1.80. The average Bonchev–Trinajstić information content (AvgIpc) is 2.70. The molecule has 0 heterocycles. The van der Waals surface area contributed by atoms with Crippen LogP contribution in [0.25, 0.3) is 0 Å². The third-order valence-electron chi connectivity index (χ3n) is 2.95. The molecular weight excluding hydrogens is 344 g/mol. The maximum absolute atomic E-state index is 5.39. The highest BCUT2D eigenvalue weighted by Crippen LogP contribution is 2.08. The highest BCUT2D eigenvalue weighted by molar-refractivity contribution is 5.21. The summed E-state index contributed by atoms with van der Waals surface area (Å²) in [5, 5.41) is 0. The normalized spacial score (nSPS) is 9.19. The Balaban J connectivity index is 0.000000483. The largest absolute Gasteiger partial charge is 0.491 e. The van der Waals surface area contributed by atoms with Crippen LogP contribution < -0.4 is 9.47 Å². The molecule has 0 aliphatic carbocycles. The van der Waals surface area contributed by atoms with Crippen LogP contribution in [0.2, 0.25) is 0 Å². The molecule has 0 unspecified atom stereocenters. The molecule has 0 saturated carbocycles. The zero-order valence-corrected chi connectivity index (χ0v) is 15.7. The molecule has 0 atom stereocenters. The minimum atomic E-state index is 0. The van der Waals surface area contributed by atoms with Crippen LogP contribution >= 0.6 is 0 Å². The summed E-state index contributed by atoms with van der Waals surface area (Å²) < 4.78 is 21.1. The Kier molecular flexibility index (Phi) is 16.4. The Morgan fingerprint density at radius 3 is 1.30 bits per heavy atom. The van der Waals surface area contributed by atoms with Gasteiger partial charge in [0.2, 0.25) is 0 Å². The fraction of sp³-hybridized carbons (Fsp3) is 0.273. The second-order valence-electron chi connectivity index (χ2n) is 5.05. The predicted octanol–water partition coefficient (Wildman–Crippen LogP) is 3.71. The highest BCUT2D eigenvalue weighted by Gasteiger charge is 1.91. The van der Waals surface area contributed by atoms with Crippen molar-refractivity contribution in [2.24, 2.45) is 0 Å². The van der Waals surface area contributed by atoms with E-state index in [-0.39, 0.29) is 5.48 Å². The van der Waals surface area contributed by atoms with E-state index in [2.05, 4.69) is 13.2 Å². The quantitative estimate of drug-likeness (QED) is 0.419. The van der Waals surface area contributed by atoms with Gasteiger partial charge in [-0.2, -0.15) is 0 Å². The first kappa shape index (κ1) is 24.4. The smallest absolute Gasteiger partial charge is 0.119 e. The molecule has 2 N–H and O–H groups in total. The molecule has 0 saturated heterocycles. The minimum Gasteiger partial charge on any atom is -0.491 e. The first-order valence-electron chi connectivity index (χ1n) is 8.59. The lowest BCUT2D eigenvalue weighted by molar-refractivity contribution is 0.121. The van der Waals surface area contributed by atoms with Crippen LogP contribution in [0.4, 0.5) is 0 Å². The summed E-state index contributed by atoms with van der Waals surface area (Å²) in [6.07, 6.45) is 3.45. The lowest BCUT2D eigenvalue weighted by Gasteiger charge is -2.05. The third kappa shape index (κ3) is 14.3. The molecule has 148 valence electrons.